The molecule has 3 rings (SSSR count). The molecule has 0 spiro atoms. The van der Waals surface area contributed by atoms with Gasteiger partial charge in [0, 0.05) is 23.2 Å². The third-order valence-electron chi connectivity index (χ3n) is 3.93. The predicted molar refractivity (Wildman–Crippen MR) is 107 cm³/mol. The Balaban J connectivity index is 1.71. The van der Waals surface area contributed by atoms with Crippen molar-refractivity contribution in [1.29, 1.82) is 0 Å². The summed E-state index contributed by atoms with van der Waals surface area (Å²) in [6.07, 6.45) is 0. The number of benzene rings is 2. The van der Waals surface area contributed by atoms with Gasteiger partial charge in [-0.1, -0.05) is 18.2 Å². The highest BCUT2D eigenvalue weighted by Crippen LogP contribution is 2.21. The van der Waals surface area contributed by atoms with Gasteiger partial charge < -0.3 is 9.64 Å². The van der Waals surface area contributed by atoms with Crippen LogP contribution in [0.2, 0.25) is 0 Å². The summed E-state index contributed by atoms with van der Waals surface area (Å²) in [5.41, 5.74) is 1.59. The van der Waals surface area contributed by atoms with Gasteiger partial charge >= 0.3 is 0 Å². The largest absolute Gasteiger partial charge is 0.497 e. The maximum atomic E-state index is 12.8. The average molecular weight is 381 g/mol. The third-order valence-corrected chi connectivity index (χ3v) is 4.68. The standard InChI is InChI=1S/C20H19N3O3S/c1-3-23(15-7-5-4-6-8-15)19(25)17-13-27-20(21-17)22-18(24)14-9-11-16(26-2)12-10-14/h4-13H,3H2,1-2H3,(H,21,22,24). The number of nitrogens with one attached hydrogen (secondary N) is 1. The summed E-state index contributed by atoms with van der Waals surface area (Å²) >= 11 is 1.22. The maximum Gasteiger partial charge on any atom is 0.277 e. The molecule has 0 radical (unpaired) electrons. The van der Waals surface area contributed by atoms with Crippen molar-refractivity contribution in [2.75, 3.05) is 23.9 Å². The molecule has 3 aromatic rings. The highest BCUT2D eigenvalue weighted by atomic mass is 32.1. The zero-order chi connectivity index (χ0) is 19.2. The van der Waals surface area contributed by atoms with E-state index in [0.717, 1.165) is 5.69 Å². The number of ether oxygens (including phenoxy) is 1. The molecule has 0 aliphatic carbocycles. The van der Waals surface area contributed by atoms with Crippen molar-refractivity contribution in [3.8, 4) is 5.75 Å². The summed E-state index contributed by atoms with van der Waals surface area (Å²) in [7, 11) is 1.57. The molecule has 0 aliphatic rings. The molecule has 27 heavy (non-hydrogen) atoms. The van der Waals surface area contributed by atoms with Gasteiger partial charge in [0.1, 0.15) is 11.4 Å². The number of carbonyl (C=O) groups excluding carboxylic acids is 2. The topological polar surface area (TPSA) is 71.5 Å². The number of carbonyl (C=O) groups is 2. The first kappa shape index (κ1) is 18.6. The van der Waals surface area contributed by atoms with Crippen molar-refractivity contribution in [3.05, 3.63) is 71.2 Å². The minimum atomic E-state index is -0.290. The van der Waals surface area contributed by atoms with Crippen LogP contribution in [-0.4, -0.2) is 30.5 Å². The zero-order valence-corrected chi connectivity index (χ0v) is 15.8. The first-order valence-electron chi connectivity index (χ1n) is 8.40. The van der Waals surface area contributed by atoms with Gasteiger partial charge in [0.05, 0.1) is 7.11 Å². The van der Waals surface area contributed by atoms with E-state index < -0.39 is 0 Å². The van der Waals surface area contributed by atoms with E-state index in [0.29, 0.717) is 28.7 Å². The molecule has 1 aromatic heterocycles. The molecule has 0 atom stereocenters. The van der Waals surface area contributed by atoms with Crippen LogP contribution in [0.15, 0.2) is 60.0 Å². The van der Waals surface area contributed by atoms with Crippen molar-refractivity contribution < 1.29 is 14.3 Å². The van der Waals surface area contributed by atoms with Gasteiger partial charge in [0.25, 0.3) is 11.8 Å². The van der Waals surface area contributed by atoms with E-state index in [9.17, 15) is 9.59 Å². The van der Waals surface area contributed by atoms with Crippen LogP contribution in [0.25, 0.3) is 0 Å². The van der Waals surface area contributed by atoms with Crippen LogP contribution in [0.5, 0.6) is 5.75 Å². The SMILES string of the molecule is CCN(C(=O)c1csc(NC(=O)c2ccc(OC)cc2)n1)c1ccccc1. The van der Waals surface area contributed by atoms with E-state index in [2.05, 4.69) is 10.3 Å². The van der Waals surface area contributed by atoms with Gasteiger partial charge in [-0.3, -0.25) is 14.9 Å². The molecule has 1 N–H and O–H groups in total. The van der Waals surface area contributed by atoms with Gasteiger partial charge in [-0.15, -0.1) is 11.3 Å². The molecule has 6 nitrogen and oxygen atoms in total. The molecular formula is C20H19N3O3S. The predicted octanol–water partition coefficient (Wildman–Crippen LogP) is 4.07. The first-order chi connectivity index (χ1) is 13.1. The van der Waals surface area contributed by atoms with Crippen molar-refractivity contribution in [1.82, 2.24) is 4.98 Å². The minimum absolute atomic E-state index is 0.204. The molecule has 138 valence electrons. The van der Waals surface area contributed by atoms with Gasteiger partial charge in [0.15, 0.2) is 5.13 Å². The van der Waals surface area contributed by atoms with Gasteiger partial charge in [-0.2, -0.15) is 0 Å². The number of methoxy groups -OCH3 is 1. The summed E-state index contributed by atoms with van der Waals surface area (Å²) in [6, 6.07) is 16.2. The van der Waals surface area contributed by atoms with E-state index in [4.69, 9.17) is 4.74 Å². The van der Waals surface area contributed by atoms with Crippen molar-refractivity contribution in [2.24, 2.45) is 0 Å². The van der Waals surface area contributed by atoms with Crippen molar-refractivity contribution in [2.45, 2.75) is 6.92 Å². The second-order valence-corrected chi connectivity index (χ2v) is 6.46. The van der Waals surface area contributed by atoms with Crippen LogP contribution < -0.4 is 15.0 Å². The molecular weight excluding hydrogens is 362 g/mol. The number of rotatable bonds is 6. The number of amides is 2. The first-order valence-corrected chi connectivity index (χ1v) is 9.28. The lowest BCUT2D eigenvalue weighted by Gasteiger charge is -2.19. The molecule has 1 heterocycles. The number of thiazole rings is 1. The second kappa shape index (κ2) is 8.46. The van der Waals surface area contributed by atoms with Crippen LogP contribution in [0.4, 0.5) is 10.8 Å². The Morgan fingerprint density at radius 1 is 1.11 bits per heavy atom. The second-order valence-electron chi connectivity index (χ2n) is 5.61. The van der Waals surface area contributed by atoms with Gasteiger partial charge in [-0.05, 0) is 43.3 Å². The van der Waals surface area contributed by atoms with Crippen molar-refractivity contribution in [3.63, 3.8) is 0 Å². The van der Waals surface area contributed by atoms with Gasteiger partial charge in [-0.25, -0.2) is 4.98 Å². The smallest absolute Gasteiger partial charge is 0.277 e. The Kier molecular flexibility index (Phi) is 5.83. The fourth-order valence-corrected chi connectivity index (χ4v) is 3.21. The molecule has 0 fully saturated rings. The van der Waals surface area contributed by atoms with Crippen LogP contribution in [0.1, 0.15) is 27.8 Å². The van der Waals surface area contributed by atoms with Crippen LogP contribution >= 0.6 is 11.3 Å². The summed E-state index contributed by atoms with van der Waals surface area (Å²) in [6.45, 7) is 2.43. The Bertz CT molecular complexity index is 923. The molecule has 0 unspecified atom stereocenters. The van der Waals surface area contributed by atoms with Crippen molar-refractivity contribution >= 4 is 34.0 Å². The average Bonchev–Trinajstić information content (AvgIpc) is 3.18. The van der Waals surface area contributed by atoms with Crippen LogP contribution in [-0.2, 0) is 0 Å². The van der Waals surface area contributed by atoms with E-state index in [1.54, 1.807) is 41.7 Å². The number of hydrogen-bond acceptors (Lipinski definition) is 5. The monoisotopic (exact) mass is 381 g/mol. The number of hydrogen-bond donors (Lipinski definition) is 1. The highest BCUT2D eigenvalue weighted by molar-refractivity contribution is 7.14. The molecule has 0 aliphatic heterocycles. The number of para-hydroxylation sites is 1. The summed E-state index contributed by atoms with van der Waals surface area (Å²) in [5.74, 6) is 0.181. The van der Waals surface area contributed by atoms with E-state index >= 15 is 0 Å². The lowest BCUT2D eigenvalue weighted by atomic mass is 10.2. The Labute approximate surface area is 161 Å². The minimum Gasteiger partial charge on any atom is -0.497 e. The molecule has 7 heteroatoms. The van der Waals surface area contributed by atoms with E-state index in [1.807, 2.05) is 37.3 Å². The quantitative estimate of drug-likeness (QED) is 0.699. The highest BCUT2D eigenvalue weighted by Gasteiger charge is 2.19. The fraction of sp³-hybridized carbons (Fsp3) is 0.150. The third kappa shape index (κ3) is 4.32. The molecule has 2 aromatic carbocycles. The van der Waals surface area contributed by atoms with Gasteiger partial charge in [0.2, 0.25) is 0 Å². The number of nitrogens with zero attached hydrogens (tertiary/aromatic N) is 2. The molecule has 0 bridgehead atoms. The Hall–Kier alpha value is -3.19. The van der Waals surface area contributed by atoms with Crippen LogP contribution in [0.3, 0.4) is 0 Å². The summed E-state index contributed by atoms with van der Waals surface area (Å²) < 4.78 is 5.08. The molecule has 2 amide bonds. The lowest BCUT2D eigenvalue weighted by Crippen LogP contribution is -2.30. The molecule has 0 saturated carbocycles. The fourth-order valence-electron chi connectivity index (χ4n) is 2.53. The normalized spacial score (nSPS) is 10.3. The Morgan fingerprint density at radius 2 is 1.81 bits per heavy atom. The lowest BCUT2D eigenvalue weighted by molar-refractivity contribution is 0.0981. The summed E-state index contributed by atoms with van der Waals surface area (Å²) in [4.78, 5) is 31.0. The summed E-state index contributed by atoms with van der Waals surface area (Å²) in [5, 5.41) is 4.75. The maximum absolute atomic E-state index is 12.8. The number of anilines is 2. The zero-order valence-electron chi connectivity index (χ0n) is 15.0. The number of aromatic nitrogens is 1. The van der Waals surface area contributed by atoms with E-state index in [-0.39, 0.29) is 11.8 Å². The van der Waals surface area contributed by atoms with Crippen LogP contribution in [0, 0.1) is 0 Å². The Morgan fingerprint density at radius 3 is 2.44 bits per heavy atom. The molecule has 0 saturated heterocycles. The van der Waals surface area contributed by atoms with E-state index in [1.165, 1.54) is 11.3 Å².